The third-order valence-electron chi connectivity index (χ3n) is 8.67. The Balaban J connectivity index is 1.68. The molecule has 1 heterocycles. The molecule has 38 heavy (non-hydrogen) atoms. The number of aromatic amines is 1. The van der Waals surface area contributed by atoms with E-state index in [1.165, 1.54) is 25.7 Å². The maximum absolute atomic E-state index is 11.9. The van der Waals surface area contributed by atoms with Crippen LogP contribution in [0.15, 0.2) is 12.1 Å². The van der Waals surface area contributed by atoms with Gasteiger partial charge in [-0.05, 0) is 69.4 Å². The van der Waals surface area contributed by atoms with Gasteiger partial charge in [0.1, 0.15) is 0 Å². The summed E-state index contributed by atoms with van der Waals surface area (Å²) >= 11 is 0. The molecule has 0 bridgehead atoms. The average molecular weight is 538 g/mol. The van der Waals surface area contributed by atoms with Gasteiger partial charge < -0.3 is 30.5 Å². The average Bonchev–Trinajstić information content (AvgIpc) is 3.48. The van der Waals surface area contributed by atoms with Gasteiger partial charge in [0.25, 0.3) is 0 Å². The number of aliphatic carboxylic acids is 1. The van der Waals surface area contributed by atoms with Crippen LogP contribution < -0.4 is 0 Å². The first-order valence-electron chi connectivity index (χ1n) is 15.4. The molecule has 1 fully saturated rings. The largest absolute Gasteiger partial charge is 0.481 e. The highest BCUT2D eigenvalue weighted by Gasteiger charge is 2.41. The normalized spacial score (nSPS) is 22.0. The number of unbranched alkanes of at least 4 members (excludes halogenated alkanes) is 7. The number of aliphatic hydroxyl groups excluding tert-OH is 3. The second-order valence-corrected chi connectivity index (χ2v) is 11.8. The summed E-state index contributed by atoms with van der Waals surface area (Å²) in [7, 11) is 0. The van der Waals surface area contributed by atoms with E-state index in [1.54, 1.807) is 0 Å². The first-order chi connectivity index (χ1) is 18.3. The van der Waals surface area contributed by atoms with E-state index in [1.807, 2.05) is 12.1 Å². The molecule has 5 atom stereocenters. The minimum Gasteiger partial charge on any atom is -0.481 e. The molecule has 220 valence electrons. The fraction of sp³-hybridized carbons (Fsp3) is 0.839. The van der Waals surface area contributed by atoms with Crippen LogP contribution in [-0.2, 0) is 17.6 Å². The molecule has 2 rings (SSSR count). The van der Waals surface area contributed by atoms with Gasteiger partial charge in [-0.15, -0.1) is 0 Å². The summed E-state index contributed by atoms with van der Waals surface area (Å²) < 4.78 is 0. The van der Waals surface area contributed by atoms with Crippen molar-refractivity contribution >= 4 is 5.97 Å². The number of H-pyrrole nitrogens is 1. The van der Waals surface area contributed by atoms with Crippen molar-refractivity contribution in [2.75, 3.05) is 6.61 Å². The summed E-state index contributed by atoms with van der Waals surface area (Å²) in [4.78, 5) is 15.2. The summed E-state index contributed by atoms with van der Waals surface area (Å²) in [6.45, 7) is 2.30. The van der Waals surface area contributed by atoms with Crippen molar-refractivity contribution in [3.05, 3.63) is 23.5 Å². The summed E-state index contributed by atoms with van der Waals surface area (Å²) in [6, 6.07) is 3.98. The maximum Gasteiger partial charge on any atom is 0.309 e. The number of carbonyl (C=O) groups is 1. The van der Waals surface area contributed by atoms with E-state index in [9.17, 15) is 25.2 Å². The van der Waals surface area contributed by atoms with Gasteiger partial charge in [0.2, 0.25) is 0 Å². The zero-order valence-corrected chi connectivity index (χ0v) is 23.8. The highest BCUT2D eigenvalue weighted by atomic mass is 16.4. The quantitative estimate of drug-likeness (QED) is 0.108. The number of carboxylic acids is 1. The number of nitrogens with one attached hydrogen (secondary N) is 1. The Kier molecular flexibility index (Phi) is 15.6. The summed E-state index contributed by atoms with van der Waals surface area (Å²) in [5.41, 5.74) is 1.14. The standard InChI is InChI=1S/C31H55NO6/c1-2-3-4-5-8-13-27(34)14-9-6-7-10-15-28(30(36)37)29(35)18-21-31(38)20-11-12-24(31)23-26-17-16-25(32-26)19-22-33/h16-17,24,27-29,32-35,38H,2-15,18-23H2,1H3,(H,36,37)/t24-,27-,28-,29+,31-/m0/s1. The first kappa shape index (κ1) is 32.8. The number of aliphatic hydroxyl groups is 4. The third-order valence-corrected chi connectivity index (χ3v) is 8.67. The van der Waals surface area contributed by atoms with E-state index in [-0.39, 0.29) is 25.0 Å². The van der Waals surface area contributed by atoms with E-state index in [4.69, 9.17) is 5.11 Å². The molecule has 0 spiro atoms. The predicted octanol–water partition coefficient (Wildman–Crippen LogP) is 5.53. The molecule has 0 amide bonds. The van der Waals surface area contributed by atoms with E-state index >= 15 is 0 Å². The van der Waals surface area contributed by atoms with Crippen LogP contribution in [0.2, 0.25) is 0 Å². The molecular weight excluding hydrogens is 482 g/mol. The lowest BCUT2D eigenvalue weighted by atomic mass is 9.81. The molecule has 7 heteroatoms. The molecule has 0 aliphatic heterocycles. The Morgan fingerprint density at radius 2 is 1.61 bits per heavy atom. The molecule has 1 aromatic rings. The highest BCUT2D eigenvalue weighted by molar-refractivity contribution is 5.70. The van der Waals surface area contributed by atoms with Crippen molar-refractivity contribution in [2.24, 2.45) is 11.8 Å². The van der Waals surface area contributed by atoms with Crippen molar-refractivity contribution in [1.29, 1.82) is 0 Å². The van der Waals surface area contributed by atoms with Crippen LogP contribution in [0, 0.1) is 11.8 Å². The minimum atomic E-state index is -0.964. The Labute approximate surface area is 230 Å². The van der Waals surface area contributed by atoms with Crippen molar-refractivity contribution in [3.63, 3.8) is 0 Å². The molecule has 0 aromatic carbocycles. The molecule has 7 nitrogen and oxygen atoms in total. The van der Waals surface area contributed by atoms with Crippen LogP contribution in [0.5, 0.6) is 0 Å². The third kappa shape index (κ3) is 11.8. The monoisotopic (exact) mass is 537 g/mol. The molecule has 6 N–H and O–H groups in total. The summed E-state index contributed by atoms with van der Waals surface area (Å²) in [5, 5.41) is 51.1. The van der Waals surface area contributed by atoms with Crippen LogP contribution in [0.25, 0.3) is 0 Å². The smallest absolute Gasteiger partial charge is 0.309 e. The molecule has 1 aliphatic rings. The van der Waals surface area contributed by atoms with Gasteiger partial charge in [0, 0.05) is 24.4 Å². The maximum atomic E-state index is 11.9. The van der Waals surface area contributed by atoms with Crippen molar-refractivity contribution in [2.45, 2.75) is 147 Å². The lowest BCUT2D eigenvalue weighted by Crippen LogP contribution is -2.37. The number of hydrogen-bond acceptors (Lipinski definition) is 5. The summed E-state index contributed by atoms with van der Waals surface area (Å²) in [6.07, 6.45) is 15.0. The first-order valence-corrected chi connectivity index (χ1v) is 15.4. The van der Waals surface area contributed by atoms with Crippen LogP contribution in [0.3, 0.4) is 0 Å². The molecule has 1 aliphatic carbocycles. The minimum absolute atomic E-state index is 0.0743. The van der Waals surface area contributed by atoms with Gasteiger partial charge in [0.15, 0.2) is 0 Å². The number of rotatable bonds is 22. The van der Waals surface area contributed by atoms with Crippen LogP contribution >= 0.6 is 0 Å². The Bertz CT molecular complexity index is 767. The van der Waals surface area contributed by atoms with Crippen molar-refractivity contribution in [3.8, 4) is 0 Å². The highest BCUT2D eigenvalue weighted by Crippen LogP contribution is 2.41. The summed E-state index contributed by atoms with van der Waals surface area (Å²) in [5.74, 6) is -1.70. The fourth-order valence-electron chi connectivity index (χ4n) is 6.20. The van der Waals surface area contributed by atoms with E-state index in [0.717, 1.165) is 69.2 Å². The fourth-order valence-corrected chi connectivity index (χ4v) is 6.20. The zero-order valence-electron chi connectivity index (χ0n) is 23.8. The molecular formula is C31H55NO6. The van der Waals surface area contributed by atoms with Crippen molar-refractivity contribution in [1.82, 2.24) is 4.98 Å². The lowest BCUT2D eigenvalue weighted by molar-refractivity contribution is -0.146. The van der Waals surface area contributed by atoms with E-state index < -0.39 is 23.6 Å². The second-order valence-electron chi connectivity index (χ2n) is 11.8. The molecule has 1 saturated carbocycles. The Morgan fingerprint density at radius 3 is 2.24 bits per heavy atom. The molecule has 0 saturated heterocycles. The number of hydrogen-bond donors (Lipinski definition) is 6. The van der Waals surface area contributed by atoms with Crippen molar-refractivity contribution < 1.29 is 30.3 Å². The SMILES string of the molecule is CCCCCCC[C@H](O)CCCCCC[C@H](C(=O)O)[C@H](O)CC[C@@]1(O)CCC[C@H]1Cc1ccc(CCO)[nH]1. The number of carboxylic acid groups (broad SMARTS) is 1. The van der Waals surface area contributed by atoms with Crippen LogP contribution in [-0.4, -0.2) is 60.9 Å². The van der Waals surface area contributed by atoms with Crippen LogP contribution in [0.1, 0.15) is 127 Å². The van der Waals surface area contributed by atoms with Crippen LogP contribution in [0.4, 0.5) is 0 Å². The molecule has 0 unspecified atom stereocenters. The van der Waals surface area contributed by atoms with E-state index in [0.29, 0.717) is 32.1 Å². The van der Waals surface area contributed by atoms with Gasteiger partial charge in [-0.2, -0.15) is 0 Å². The molecule has 1 aromatic heterocycles. The topological polar surface area (TPSA) is 134 Å². The lowest BCUT2D eigenvalue weighted by Gasteiger charge is -2.32. The Hall–Kier alpha value is -1.41. The number of aromatic nitrogens is 1. The molecule has 0 radical (unpaired) electrons. The zero-order chi connectivity index (χ0) is 27.8. The van der Waals surface area contributed by atoms with Gasteiger partial charge >= 0.3 is 5.97 Å². The van der Waals surface area contributed by atoms with Gasteiger partial charge in [-0.3, -0.25) is 4.79 Å². The van der Waals surface area contributed by atoms with Gasteiger partial charge in [-0.1, -0.05) is 71.1 Å². The second kappa shape index (κ2) is 18.0. The van der Waals surface area contributed by atoms with Gasteiger partial charge in [-0.25, -0.2) is 0 Å². The Morgan fingerprint density at radius 1 is 0.974 bits per heavy atom. The van der Waals surface area contributed by atoms with Gasteiger partial charge in [0.05, 0.1) is 23.7 Å². The predicted molar refractivity (Wildman–Crippen MR) is 151 cm³/mol. The van der Waals surface area contributed by atoms with E-state index in [2.05, 4.69) is 11.9 Å².